The molecule has 20 heavy (non-hydrogen) atoms. The largest absolute Gasteiger partial charge is 0.497 e. The SMILES string of the molecule is COc1ccc(-c2n[nH]c(C3CCNCC3)c2Br)cc1. The maximum absolute atomic E-state index is 5.19. The van der Waals surface area contributed by atoms with E-state index in [0.717, 1.165) is 47.4 Å². The van der Waals surface area contributed by atoms with Crippen molar-refractivity contribution >= 4 is 15.9 Å². The van der Waals surface area contributed by atoms with Crippen molar-refractivity contribution in [2.24, 2.45) is 0 Å². The second-order valence-electron chi connectivity index (χ2n) is 5.05. The Bertz CT molecular complexity index is 573. The molecule has 1 aromatic carbocycles. The minimum atomic E-state index is 0.560. The van der Waals surface area contributed by atoms with Gasteiger partial charge in [0, 0.05) is 11.5 Å². The van der Waals surface area contributed by atoms with Gasteiger partial charge in [0.15, 0.2) is 0 Å². The third kappa shape index (κ3) is 2.60. The lowest BCUT2D eigenvalue weighted by molar-refractivity contribution is 0.415. The van der Waals surface area contributed by atoms with Gasteiger partial charge < -0.3 is 10.1 Å². The molecule has 0 radical (unpaired) electrons. The van der Waals surface area contributed by atoms with Crippen molar-refractivity contribution < 1.29 is 4.74 Å². The van der Waals surface area contributed by atoms with Gasteiger partial charge in [-0.15, -0.1) is 0 Å². The zero-order valence-corrected chi connectivity index (χ0v) is 13.0. The van der Waals surface area contributed by atoms with Crippen molar-refractivity contribution in [3.8, 4) is 17.0 Å². The van der Waals surface area contributed by atoms with E-state index in [1.165, 1.54) is 5.69 Å². The monoisotopic (exact) mass is 335 g/mol. The van der Waals surface area contributed by atoms with Crippen molar-refractivity contribution in [3.63, 3.8) is 0 Å². The summed E-state index contributed by atoms with van der Waals surface area (Å²) >= 11 is 3.71. The number of H-pyrrole nitrogens is 1. The number of ether oxygens (including phenoxy) is 1. The Morgan fingerprint density at radius 2 is 1.90 bits per heavy atom. The minimum Gasteiger partial charge on any atom is -0.497 e. The van der Waals surface area contributed by atoms with Gasteiger partial charge in [0.1, 0.15) is 11.4 Å². The highest BCUT2D eigenvalue weighted by Gasteiger charge is 2.22. The summed E-state index contributed by atoms with van der Waals surface area (Å²) in [5.74, 6) is 1.42. The van der Waals surface area contributed by atoms with Gasteiger partial charge in [0.25, 0.3) is 0 Å². The Balaban J connectivity index is 1.88. The number of halogens is 1. The summed E-state index contributed by atoms with van der Waals surface area (Å²) in [6.07, 6.45) is 2.31. The molecule has 1 aliphatic heterocycles. The fraction of sp³-hybridized carbons (Fsp3) is 0.400. The lowest BCUT2D eigenvalue weighted by atomic mass is 9.94. The molecule has 5 heteroatoms. The van der Waals surface area contributed by atoms with Crippen molar-refractivity contribution in [3.05, 3.63) is 34.4 Å². The van der Waals surface area contributed by atoms with Crippen LogP contribution in [-0.2, 0) is 0 Å². The molecule has 1 saturated heterocycles. The highest BCUT2D eigenvalue weighted by Crippen LogP contribution is 2.36. The van der Waals surface area contributed by atoms with Crippen LogP contribution in [0.3, 0.4) is 0 Å². The minimum absolute atomic E-state index is 0.560. The van der Waals surface area contributed by atoms with Crippen LogP contribution in [0.4, 0.5) is 0 Å². The average molecular weight is 336 g/mol. The van der Waals surface area contributed by atoms with Gasteiger partial charge in [0.2, 0.25) is 0 Å². The van der Waals surface area contributed by atoms with Crippen LogP contribution in [-0.4, -0.2) is 30.4 Å². The molecule has 2 heterocycles. The summed E-state index contributed by atoms with van der Waals surface area (Å²) in [6, 6.07) is 7.99. The van der Waals surface area contributed by atoms with Gasteiger partial charge >= 0.3 is 0 Å². The summed E-state index contributed by atoms with van der Waals surface area (Å²) in [4.78, 5) is 0. The van der Waals surface area contributed by atoms with E-state index in [0.29, 0.717) is 5.92 Å². The second kappa shape index (κ2) is 5.97. The number of nitrogens with one attached hydrogen (secondary N) is 2. The van der Waals surface area contributed by atoms with E-state index in [4.69, 9.17) is 4.74 Å². The molecule has 106 valence electrons. The molecular formula is C15H18BrN3O. The molecule has 1 fully saturated rings. The molecule has 0 amide bonds. The zero-order valence-electron chi connectivity index (χ0n) is 11.4. The molecule has 0 saturated carbocycles. The molecule has 2 aromatic rings. The number of benzene rings is 1. The number of nitrogens with zero attached hydrogens (tertiary/aromatic N) is 1. The number of rotatable bonds is 3. The zero-order chi connectivity index (χ0) is 13.9. The number of hydrogen-bond acceptors (Lipinski definition) is 3. The third-order valence-corrected chi connectivity index (χ3v) is 4.65. The van der Waals surface area contributed by atoms with Crippen LogP contribution < -0.4 is 10.1 Å². The van der Waals surface area contributed by atoms with E-state index >= 15 is 0 Å². The first-order valence-electron chi connectivity index (χ1n) is 6.88. The van der Waals surface area contributed by atoms with Gasteiger partial charge in [-0.1, -0.05) is 0 Å². The van der Waals surface area contributed by atoms with E-state index in [2.05, 4.69) is 31.4 Å². The Labute approximate surface area is 127 Å². The van der Waals surface area contributed by atoms with Gasteiger partial charge in [-0.3, -0.25) is 5.10 Å². The quantitative estimate of drug-likeness (QED) is 0.904. The smallest absolute Gasteiger partial charge is 0.118 e. The van der Waals surface area contributed by atoms with Gasteiger partial charge in [0.05, 0.1) is 17.3 Å². The number of hydrogen-bond donors (Lipinski definition) is 2. The maximum atomic E-state index is 5.19. The Morgan fingerprint density at radius 3 is 2.55 bits per heavy atom. The molecule has 1 aromatic heterocycles. The summed E-state index contributed by atoms with van der Waals surface area (Å²) < 4.78 is 6.28. The normalized spacial score (nSPS) is 16.3. The molecule has 0 spiro atoms. The van der Waals surface area contributed by atoms with Crippen molar-refractivity contribution in [2.45, 2.75) is 18.8 Å². The fourth-order valence-corrected chi connectivity index (χ4v) is 3.39. The first-order valence-corrected chi connectivity index (χ1v) is 7.68. The Morgan fingerprint density at radius 1 is 1.20 bits per heavy atom. The maximum Gasteiger partial charge on any atom is 0.118 e. The molecule has 3 rings (SSSR count). The second-order valence-corrected chi connectivity index (χ2v) is 5.85. The summed E-state index contributed by atoms with van der Waals surface area (Å²) in [6.45, 7) is 2.15. The Hall–Kier alpha value is -1.33. The molecule has 0 aliphatic carbocycles. The van der Waals surface area contributed by atoms with Crippen molar-refractivity contribution in [1.29, 1.82) is 0 Å². The number of methoxy groups -OCH3 is 1. The molecular weight excluding hydrogens is 318 g/mol. The van der Waals surface area contributed by atoms with Crippen LogP contribution >= 0.6 is 15.9 Å². The standard InChI is InChI=1S/C15H18BrN3O/c1-20-12-4-2-10(3-5-12)14-13(16)15(19-18-14)11-6-8-17-9-7-11/h2-5,11,17H,6-9H2,1H3,(H,18,19). The van der Waals surface area contributed by atoms with Gasteiger partial charge in [-0.25, -0.2) is 0 Å². The lowest BCUT2D eigenvalue weighted by Gasteiger charge is -2.21. The molecule has 2 N–H and O–H groups in total. The molecule has 4 nitrogen and oxygen atoms in total. The summed E-state index contributed by atoms with van der Waals surface area (Å²) in [7, 11) is 1.68. The number of aromatic nitrogens is 2. The lowest BCUT2D eigenvalue weighted by Crippen LogP contribution is -2.26. The average Bonchev–Trinajstić information content (AvgIpc) is 2.90. The van der Waals surface area contributed by atoms with Crippen LogP contribution in [0.25, 0.3) is 11.3 Å². The van der Waals surface area contributed by atoms with Gasteiger partial charge in [-0.05, 0) is 66.1 Å². The van der Waals surface area contributed by atoms with Crippen LogP contribution in [0.2, 0.25) is 0 Å². The molecule has 0 bridgehead atoms. The molecule has 0 atom stereocenters. The Kier molecular flexibility index (Phi) is 4.08. The molecule has 1 aliphatic rings. The number of piperidine rings is 1. The highest BCUT2D eigenvalue weighted by atomic mass is 79.9. The summed E-state index contributed by atoms with van der Waals surface area (Å²) in [5, 5.41) is 11.1. The predicted octanol–water partition coefficient (Wildman–Crippen LogP) is 3.31. The van der Waals surface area contributed by atoms with E-state index in [1.807, 2.05) is 24.3 Å². The molecule has 0 unspecified atom stereocenters. The third-order valence-electron chi connectivity index (χ3n) is 3.84. The van der Waals surface area contributed by atoms with Crippen LogP contribution in [0.15, 0.2) is 28.7 Å². The van der Waals surface area contributed by atoms with Crippen LogP contribution in [0, 0.1) is 0 Å². The number of aromatic amines is 1. The predicted molar refractivity (Wildman–Crippen MR) is 83.1 cm³/mol. The van der Waals surface area contributed by atoms with E-state index in [1.54, 1.807) is 7.11 Å². The first kappa shape index (κ1) is 13.6. The van der Waals surface area contributed by atoms with E-state index in [9.17, 15) is 0 Å². The van der Waals surface area contributed by atoms with Gasteiger partial charge in [-0.2, -0.15) is 5.10 Å². The van der Waals surface area contributed by atoms with Crippen LogP contribution in [0.5, 0.6) is 5.75 Å². The fourth-order valence-electron chi connectivity index (χ4n) is 2.66. The first-order chi connectivity index (χ1) is 9.79. The van der Waals surface area contributed by atoms with E-state index in [-0.39, 0.29) is 0 Å². The van der Waals surface area contributed by atoms with Crippen molar-refractivity contribution in [2.75, 3.05) is 20.2 Å². The topological polar surface area (TPSA) is 49.9 Å². The van der Waals surface area contributed by atoms with Crippen molar-refractivity contribution in [1.82, 2.24) is 15.5 Å². The summed E-state index contributed by atoms with van der Waals surface area (Å²) in [5.41, 5.74) is 3.28. The van der Waals surface area contributed by atoms with Crippen LogP contribution in [0.1, 0.15) is 24.5 Å². The highest BCUT2D eigenvalue weighted by molar-refractivity contribution is 9.10. The van der Waals surface area contributed by atoms with E-state index < -0.39 is 0 Å².